The number of halogens is 1. The van der Waals surface area contributed by atoms with Gasteiger partial charge in [0.15, 0.2) is 0 Å². The molecule has 1 unspecified atom stereocenters. The zero-order chi connectivity index (χ0) is 22.2. The summed E-state index contributed by atoms with van der Waals surface area (Å²) in [5.41, 5.74) is 7.07. The third-order valence-electron chi connectivity index (χ3n) is 5.39. The molecule has 0 aliphatic rings. The van der Waals surface area contributed by atoms with Crippen molar-refractivity contribution in [2.24, 2.45) is 17.6 Å². The number of nitrogens with zero attached hydrogens (tertiary/aromatic N) is 1. The van der Waals surface area contributed by atoms with Gasteiger partial charge in [-0.05, 0) is 81.3 Å². The van der Waals surface area contributed by atoms with E-state index in [2.05, 4.69) is 56.9 Å². The van der Waals surface area contributed by atoms with Gasteiger partial charge in [0.1, 0.15) is 5.75 Å². The lowest BCUT2D eigenvalue weighted by atomic mass is 9.94. The molecule has 180 valence electrons. The first-order chi connectivity index (χ1) is 14.5. The molecule has 0 radical (unpaired) electrons. The number of carbonyl (C=O) groups excluding carboxylic acids is 1. The summed E-state index contributed by atoms with van der Waals surface area (Å²) in [6, 6.07) is 8.43. The molecule has 0 aliphatic heterocycles. The van der Waals surface area contributed by atoms with Crippen molar-refractivity contribution in [3.8, 4) is 5.75 Å². The number of carbonyl (C=O) groups is 1. The Morgan fingerprint density at radius 2 is 1.61 bits per heavy atom. The molecule has 0 aliphatic carbocycles. The summed E-state index contributed by atoms with van der Waals surface area (Å²) in [5, 5.41) is 0. The van der Waals surface area contributed by atoms with Crippen LogP contribution in [0.4, 0.5) is 0 Å². The Morgan fingerprint density at radius 3 is 2.16 bits per heavy atom. The minimum atomic E-state index is -0.112. The summed E-state index contributed by atoms with van der Waals surface area (Å²) < 4.78 is 11.2. The van der Waals surface area contributed by atoms with E-state index in [1.807, 2.05) is 0 Å². The van der Waals surface area contributed by atoms with Crippen molar-refractivity contribution in [3.05, 3.63) is 29.8 Å². The van der Waals surface area contributed by atoms with Crippen LogP contribution in [-0.4, -0.2) is 43.7 Å². The molecule has 0 heterocycles. The Labute approximate surface area is 196 Å². The number of rotatable bonds is 17. The zero-order valence-electron chi connectivity index (χ0n) is 20.1. The first-order valence-corrected chi connectivity index (χ1v) is 11.8. The van der Waals surface area contributed by atoms with Crippen LogP contribution in [0.15, 0.2) is 24.3 Å². The van der Waals surface area contributed by atoms with Crippen molar-refractivity contribution < 1.29 is 14.3 Å². The SMILES string of the molecule is CCN(CC)Cc1ccc(OCCCCCCOC(=O)CC(CN)CC(C)C)cc1.Cl. The van der Waals surface area contributed by atoms with Crippen LogP contribution in [0.5, 0.6) is 5.75 Å². The van der Waals surface area contributed by atoms with E-state index in [-0.39, 0.29) is 24.3 Å². The lowest BCUT2D eigenvalue weighted by molar-refractivity contribution is -0.144. The number of hydrogen-bond acceptors (Lipinski definition) is 5. The van der Waals surface area contributed by atoms with Crippen LogP contribution in [0.3, 0.4) is 0 Å². The molecule has 5 nitrogen and oxygen atoms in total. The zero-order valence-corrected chi connectivity index (χ0v) is 20.9. The van der Waals surface area contributed by atoms with Crippen LogP contribution in [-0.2, 0) is 16.1 Å². The molecule has 1 aromatic carbocycles. The van der Waals surface area contributed by atoms with Crippen LogP contribution in [0, 0.1) is 11.8 Å². The van der Waals surface area contributed by atoms with Gasteiger partial charge in [-0.1, -0.05) is 39.8 Å². The van der Waals surface area contributed by atoms with Gasteiger partial charge in [-0.15, -0.1) is 12.4 Å². The average Bonchev–Trinajstić information content (AvgIpc) is 2.74. The average molecular weight is 457 g/mol. The molecule has 1 atom stereocenters. The van der Waals surface area contributed by atoms with Crippen LogP contribution in [0.25, 0.3) is 0 Å². The van der Waals surface area contributed by atoms with Crippen LogP contribution in [0.1, 0.15) is 71.8 Å². The summed E-state index contributed by atoms with van der Waals surface area (Å²) in [6.45, 7) is 13.6. The third kappa shape index (κ3) is 14.4. The first kappa shape index (κ1) is 29.7. The largest absolute Gasteiger partial charge is 0.494 e. The maximum atomic E-state index is 11.9. The van der Waals surface area contributed by atoms with Gasteiger partial charge in [0.25, 0.3) is 0 Å². The van der Waals surface area contributed by atoms with Gasteiger partial charge in [0.2, 0.25) is 0 Å². The van der Waals surface area contributed by atoms with Crippen LogP contribution in [0.2, 0.25) is 0 Å². The highest BCUT2D eigenvalue weighted by atomic mass is 35.5. The standard InChI is InChI=1S/C25H44N2O3.ClH/c1-5-27(6-2)20-22-11-13-24(14-12-22)29-15-9-7-8-10-16-30-25(28)18-23(19-26)17-21(3)4;/h11-14,21,23H,5-10,15-20,26H2,1-4H3;1H. The Hall–Kier alpha value is -1.30. The molecule has 0 aromatic heterocycles. The lowest BCUT2D eigenvalue weighted by Crippen LogP contribution is -2.21. The van der Waals surface area contributed by atoms with Gasteiger partial charge in [-0.25, -0.2) is 0 Å². The number of nitrogens with two attached hydrogens (primary N) is 1. The number of benzene rings is 1. The van der Waals surface area contributed by atoms with Gasteiger partial charge in [0.05, 0.1) is 13.2 Å². The summed E-state index contributed by atoms with van der Waals surface area (Å²) in [7, 11) is 0. The molecule has 2 N–H and O–H groups in total. The van der Waals surface area contributed by atoms with Gasteiger partial charge in [-0.3, -0.25) is 9.69 Å². The highest BCUT2D eigenvalue weighted by Gasteiger charge is 2.14. The van der Waals surface area contributed by atoms with Gasteiger partial charge in [-0.2, -0.15) is 0 Å². The van der Waals surface area contributed by atoms with Gasteiger partial charge >= 0.3 is 5.97 Å². The molecular weight excluding hydrogens is 412 g/mol. The van der Waals surface area contributed by atoms with Crippen molar-refractivity contribution in [2.75, 3.05) is 32.8 Å². The molecule has 0 fully saturated rings. The summed E-state index contributed by atoms with van der Waals surface area (Å²) in [5.74, 6) is 1.61. The second-order valence-electron chi connectivity index (χ2n) is 8.52. The second-order valence-corrected chi connectivity index (χ2v) is 8.52. The fourth-order valence-corrected chi connectivity index (χ4v) is 3.55. The molecule has 0 saturated carbocycles. The monoisotopic (exact) mass is 456 g/mol. The topological polar surface area (TPSA) is 64.8 Å². The Morgan fingerprint density at radius 1 is 1.00 bits per heavy atom. The molecule has 1 rings (SSSR count). The first-order valence-electron chi connectivity index (χ1n) is 11.8. The van der Waals surface area contributed by atoms with E-state index in [4.69, 9.17) is 15.2 Å². The Kier molecular flexibility index (Phi) is 17.5. The summed E-state index contributed by atoms with van der Waals surface area (Å²) in [4.78, 5) is 14.3. The van der Waals surface area contributed by atoms with Crippen LogP contribution < -0.4 is 10.5 Å². The van der Waals surface area contributed by atoms with Gasteiger partial charge in [0, 0.05) is 13.0 Å². The normalized spacial score (nSPS) is 12.0. The number of esters is 1. The smallest absolute Gasteiger partial charge is 0.306 e. The Balaban J connectivity index is 0.00000900. The van der Waals surface area contributed by atoms with E-state index < -0.39 is 0 Å². The molecular formula is C25H45ClN2O3. The fraction of sp³-hybridized carbons (Fsp3) is 0.720. The van der Waals surface area contributed by atoms with E-state index in [0.717, 1.165) is 64.1 Å². The number of ether oxygens (including phenoxy) is 2. The third-order valence-corrected chi connectivity index (χ3v) is 5.39. The van der Waals surface area contributed by atoms with Crippen LogP contribution >= 0.6 is 12.4 Å². The molecule has 31 heavy (non-hydrogen) atoms. The molecule has 0 spiro atoms. The molecule has 0 bridgehead atoms. The van der Waals surface area contributed by atoms with Crippen molar-refractivity contribution in [3.63, 3.8) is 0 Å². The van der Waals surface area contributed by atoms with Gasteiger partial charge < -0.3 is 15.2 Å². The van der Waals surface area contributed by atoms with E-state index in [0.29, 0.717) is 25.5 Å². The highest BCUT2D eigenvalue weighted by molar-refractivity contribution is 5.85. The van der Waals surface area contributed by atoms with Crippen molar-refractivity contribution in [1.82, 2.24) is 4.90 Å². The number of unbranched alkanes of at least 4 members (excludes halogenated alkanes) is 3. The highest BCUT2D eigenvalue weighted by Crippen LogP contribution is 2.16. The van der Waals surface area contributed by atoms with E-state index >= 15 is 0 Å². The van der Waals surface area contributed by atoms with E-state index in [9.17, 15) is 4.79 Å². The van der Waals surface area contributed by atoms with Crippen molar-refractivity contribution in [1.29, 1.82) is 0 Å². The summed E-state index contributed by atoms with van der Waals surface area (Å²) in [6.07, 6.45) is 5.46. The molecule has 0 amide bonds. The van der Waals surface area contributed by atoms with Crippen molar-refractivity contribution in [2.45, 2.75) is 72.8 Å². The van der Waals surface area contributed by atoms with E-state index in [1.54, 1.807) is 0 Å². The number of hydrogen-bond donors (Lipinski definition) is 1. The maximum Gasteiger partial charge on any atom is 0.306 e. The maximum absolute atomic E-state index is 11.9. The Bertz CT molecular complexity index is 562. The molecule has 1 aromatic rings. The fourth-order valence-electron chi connectivity index (χ4n) is 3.55. The second kappa shape index (κ2) is 18.3. The summed E-state index contributed by atoms with van der Waals surface area (Å²) >= 11 is 0. The van der Waals surface area contributed by atoms with E-state index in [1.165, 1.54) is 5.56 Å². The van der Waals surface area contributed by atoms with Crippen molar-refractivity contribution >= 4 is 18.4 Å². The predicted octanol–water partition coefficient (Wildman–Crippen LogP) is 5.44. The predicted molar refractivity (Wildman–Crippen MR) is 132 cm³/mol. The minimum Gasteiger partial charge on any atom is -0.494 e. The molecule has 6 heteroatoms. The lowest BCUT2D eigenvalue weighted by Gasteiger charge is -2.18. The quantitative estimate of drug-likeness (QED) is 0.249. The minimum absolute atomic E-state index is 0. The molecule has 0 saturated heterocycles.